The van der Waals surface area contributed by atoms with E-state index in [4.69, 9.17) is 5.11 Å². The average Bonchev–Trinajstić information content (AvgIpc) is 2.84. The van der Waals surface area contributed by atoms with Crippen LogP contribution in [0.5, 0.6) is 0 Å². The minimum Gasteiger partial charge on any atom is -0.481 e. The van der Waals surface area contributed by atoms with Crippen LogP contribution in [0.3, 0.4) is 0 Å². The topological polar surface area (TPSA) is 40.5 Å². The van der Waals surface area contributed by atoms with E-state index < -0.39 is 5.97 Å². The molecule has 0 radical (unpaired) electrons. The van der Waals surface area contributed by atoms with Gasteiger partial charge in [-0.3, -0.25) is 9.69 Å². The Hall–Kier alpha value is -1.42. The minimum atomic E-state index is -0.725. The molecule has 1 aromatic rings. The van der Waals surface area contributed by atoms with E-state index in [1.165, 1.54) is 6.07 Å². The standard InChI is InChI=1S/C15H20FNO2/c1-11(13-3-2-4-14(16)9-13)17-8-7-12(10-17)5-6-15(18)19/h2-4,9,11-12H,5-8,10H2,1H3,(H,18,19). The molecule has 1 fully saturated rings. The summed E-state index contributed by atoms with van der Waals surface area (Å²) in [6, 6.07) is 6.90. The summed E-state index contributed by atoms with van der Waals surface area (Å²) in [4.78, 5) is 12.9. The SMILES string of the molecule is CC(c1cccc(F)c1)N1CCC(CCC(=O)O)C1. The zero-order valence-electron chi connectivity index (χ0n) is 11.2. The number of likely N-dealkylation sites (tertiary alicyclic amines) is 1. The van der Waals surface area contributed by atoms with Crippen LogP contribution in [0.1, 0.15) is 37.8 Å². The van der Waals surface area contributed by atoms with Gasteiger partial charge in [-0.1, -0.05) is 12.1 Å². The lowest BCUT2D eigenvalue weighted by Gasteiger charge is -2.24. The Bertz CT molecular complexity index is 450. The number of nitrogens with zero attached hydrogens (tertiary/aromatic N) is 1. The summed E-state index contributed by atoms with van der Waals surface area (Å²) in [5.41, 5.74) is 0.985. The molecule has 1 saturated heterocycles. The summed E-state index contributed by atoms with van der Waals surface area (Å²) < 4.78 is 13.2. The highest BCUT2D eigenvalue weighted by atomic mass is 19.1. The van der Waals surface area contributed by atoms with Crippen molar-refractivity contribution in [1.82, 2.24) is 4.90 Å². The lowest BCUT2D eigenvalue weighted by molar-refractivity contribution is -0.137. The first-order chi connectivity index (χ1) is 9.06. The second-order valence-corrected chi connectivity index (χ2v) is 5.31. The molecule has 2 rings (SSSR count). The van der Waals surface area contributed by atoms with E-state index in [2.05, 4.69) is 11.8 Å². The molecule has 0 spiro atoms. The molecule has 2 unspecified atom stereocenters. The number of hydrogen-bond donors (Lipinski definition) is 1. The predicted octanol–water partition coefficient (Wildman–Crippen LogP) is 3.07. The van der Waals surface area contributed by atoms with Crippen molar-refractivity contribution in [3.8, 4) is 0 Å². The molecule has 3 nitrogen and oxygen atoms in total. The summed E-state index contributed by atoms with van der Waals surface area (Å²) in [6.45, 7) is 3.95. The lowest BCUT2D eigenvalue weighted by Crippen LogP contribution is -2.24. The summed E-state index contributed by atoms with van der Waals surface area (Å²) in [7, 11) is 0. The first kappa shape index (κ1) is 14.0. The number of aliphatic carboxylic acids is 1. The van der Waals surface area contributed by atoms with Crippen molar-refractivity contribution < 1.29 is 14.3 Å². The van der Waals surface area contributed by atoms with Gasteiger partial charge in [-0.25, -0.2) is 4.39 Å². The molecule has 1 heterocycles. The van der Waals surface area contributed by atoms with Crippen molar-refractivity contribution >= 4 is 5.97 Å². The van der Waals surface area contributed by atoms with Crippen LogP contribution in [-0.4, -0.2) is 29.1 Å². The maximum absolute atomic E-state index is 13.2. The number of hydrogen-bond acceptors (Lipinski definition) is 2. The fourth-order valence-corrected chi connectivity index (χ4v) is 2.75. The molecule has 0 aromatic heterocycles. The van der Waals surface area contributed by atoms with Crippen LogP contribution in [0.25, 0.3) is 0 Å². The summed E-state index contributed by atoms with van der Waals surface area (Å²) in [5, 5.41) is 8.70. The van der Waals surface area contributed by atoms with E-state index in [1.807, 2.05) is 6.07 Å². The molecular formula is C15H20FNO2. The van der Waals surface area contributed by atoms with Gasteiger partial charge in [-0.2, -0.15) is 0 Å². The molecule has 1 aromatic carbocycles. The lowest BCUT2D eigenvalue weighted by atomic mass is 10.0. The van der Waals surface area contributed by atoms with Gasteiger partial charge in [0.05, 0.1) is 0 Å². The van der Waals surface area contributed by atoms with Gasteiger partial charge in [-0.05, 0) is 49.9 Å². The number of carboxylic acids is 1. The molecule has 4 heteroatoms. The van der Waals surface area contributed by atoms with Gasteiger partial charge in [-0.15, -0.1) is 0 Å². The molecule has 1 aliphatic rings. The Balaban J connectivity index is 1.91. The largest absolute Gasteiger partial charge is 0.481 e. The molecule has 104 valence electrons. The molecule has 2 atom stereocenters. The van der Waals surface area contributed by atoms with E-state index in [9.17, 15) is 9.18 Å². The van der Waals surface area contributed by atoms with Crippen molar-refractivity contribution in [2.75, 3.05) is 13.1 Å². The normalized spacial score (nSPS) is 21.5. The van der Waals surface area contributed by atoms with Gasteiger partial charge >= 0.3 is 5.97 Å². The quantitative estimate of drug-likeness (QED) is 0.889. The highest BCUT2D eigenvalue weighted by Gasteiger charge is 2.27. The zero-order valence-corrected chi connectivity index (χ0v) is 11.2. The molecule has 0 aliphatic carbocycles. The van der Waals surface area contributed by atoms with Gasteiger partial charge in [0.25, 0.3) is 0 Å². The highest BCUT2D eigenvalue weighted by Crippen LogP contribution is 2.29. The molecular weight excluding hydrogens is 245 g/mol. The van der Waals surface area contributed by atoms with Gasteiger partial charge in [0, 0.05) is 19.0 Å². The number of halogens is 1. The molecule has 1 N–H and O–H groups in total. The van der Waals surface area contributed by atoms with Crippen LogP contribution >= 0.6 is 0 Å². The van der Waals surface area contributed by atoms with Crippen LogP contribution in [0, 0.1) is 11.7 Å². The number of rotatable bonds is 5. The summed E-state index contributed by atoms with van der Waals surface area (Å²) >= 11 is 0. The van der Waals surface area contributed by atoms with E-state index >= 15 is 0 Å². The van der Waals surface area contributed by atoms with E-state index in [1.54, 1.807) is 12.1 Å². The second kappa shape index (κ2) is 6.15. The van der Waals surface area contributed by atoms with Gasteiger partial charge in [0.1, 0.15) is 5.82 Å². The third-order valence-corrected chi connectivity index (χ3v) is 3.96. The molecule has 19 heavy (non-hydrogen) atoms. The van der Waals surface area contributed by atoms with Crippen molar-refractivity contribution in [2.24, 2.45) is 5.92 Å². The van der Waals surface area contributed by atoms with Crippen molar-refractivity contribution in [2.45, 2.75) is 32.2 Å². The van der Waals surface area contributed by atoms with E-state index in [-0.39, 0.29) is 18.3 Å². The Morgan fingerprint density at radius 1 is 1.58 bits per heavy atom. The van der Waals surface area contributed by atoms with Crippen LogP contribution < -0.4 is 0 Å². The minimum absolute atomic E-state index is 0.186. The monoisotopic (exact) mass is 265 g/mol. The van der Waals surface area contributed by atoms with Crippen LogP contribution in [0.15, 0.2) is 24.3 Å². The Morgan fingerprint density at radius 2 is 2.37 bits per heavy atom. The van der Waals surface area contributed by atoms with Crippen LogP contribution in [0.4, 0.5) is 4.39 Å². The molecule has 0 saturated carbocycles. The fraction of sp³-hybridized carbons (Fsp3) is 0.533. The number of benzene rings is 1. The van der Waals surface area contributed by atoms with Crippen LogP contribution in [0.2, 0.25) is 0 Å². The Labute approximate surface area is 113 Å². The number of carbonyl (C=O) groups is 1. The third-order valence-electron chi connectivity index (χ3n) is 3.96. The highest BCUT2D eigenvalue weighted by molar-refractivity contribution is 5.66. The first-order valence-corrected chi connectivity index (χ1v) is 6.77. The maximum atomic E-state index is 13.2. The van der Waals surface area contributed by atoms with Crippen LogP contribution in [-0.2, 0) is 4.79 Å². The van der Waals surface area contributed by atoms with Gasteiger partial charge in [0.15, 0.2) is 0 Å². The van der Waals surface area contributed by atoms with Crippen molar-refractivity contribution in [1.29, 1.82) is 0 Å². The predicted molar refractivity (Wildman–Crippen MR) is 71.4 cm³/mol. The summed E-state index contributed by atoms with van der Waals surface area (Å²) in [5.74, 6) is -0.477. The number of carboxylic acid groups (broad SMARTS) is 1. The van der Waals surface area contributed by atoms with E-state index in [0.717, 1.165) is 31.5 Å². The smallest absolute Gasteiger partial charge is 0.303 e. The molecule has 0 bridgehead atoms. The Kier molecular flexibility index (Phi) is 4.53. The summed E-state index contributed by atoms with van der Waals surface area (Å²) in [6.07, 6.45) is 2.02. The second-order valence-electron chi connectivity index (χ2n) is 5.31. The average molecular weight is 265 g/mol. The first-order valence-electron chi connectivity index (χ1n) is 6.77. The Morgan fingerprint density at radius 3 is 3.05 bits per heavy atom. The zero-order chi connectivity index (χ0) is 13.8. The molecule has 1 aliphatic heterocycles. The van der Waals surface area contributed by atoms with Gasteiger partial charge < -0.3 is 5.11 Å². The van der Waals surface area contributed by atoms with Crippen molar-refractivity contribution in [3.05, 3.63) is 35.6 Å². The van der Waals surface area contributed by atoms with Crippen molar-refractivity contribution in [3.63, 3.8) is 0 Å². The maximum Gasteiger partial charge on any atom is 0.303 e. The molecule has 0 amide bonds. The van der Waals surface area contributed by atoms with Gasteiger partial charge in [0.2, 0.25) is 0 Å². The third kappa shape index (κ3) is 3.77. The van der Waals surface area contributed by atoms with E-state index in [0.29, 0.717) is 5.92 Å². The fourth-order valence-electron chi connectivity index (χ4n) is 2.75.